The van der Waals surface area contributed by atoms with E-state index in [2.05, 4.69) is 22.0 Å². The maximum atomic E-state index is 10.1. The van der Waals surface area contributed by atoms with Crippen molar-refractivity contribution in [2.24, 2.45) is 0 Å². The van der Waals surface area contributed by atoms with Crippen LogP contribution in [-0.2, 0) is 0 Å². The highest BCUT2D eigenvalue weighted by Crippen LogP contribution is 2.14. The molecule has 0 N–H and O–H groups in total. The van der Waals surface area contributed by atoms with E-state index in [4.69, 9.17) is 0 Å². The summed E-state index contributed by atoms with van der Waals surface area (Å²) in [6, 6.07) is 7.00. The third-order valence-corrected chi connectivity index (χ3v) is 1.45. The summed E-state index contributed by atoms with van der Waals surface area (Å²) in [5.74, 6) is 0. The molecule has 0 spiro atoms. The first kappa shape index (κ1) is 7.21. The number of nitro benzene ring substituents is 1. The smallest absolute Gasteiger partial charge is 0.258 e. The number of benzene rings is 1. The predicted molar refractivity (Wildman–Crippen MR) is 39.6 cm³/mol. The van der Waals surface area contributed by atoms with Crippen LogP contribution in [0.1, 0.15) is 0 Å². The fraction of sp³-hybridized carbons (Fsp3) is 0. The van der Waals surface area contributed by atoms with Crippen LogP contribution in [-0.4, -0.2) is 4.92 Å². The van der Waals surface area contributed by atoms with Gasteiger partial charge in [0, 0.05) is 10.5 Å². The Morgan fingerprint density at radius 2 is 2.30 bits per heavy atom. The second-order valence-corrected chi connectivity index (χ2v) is 2.56. The number of hydrogen-bond donors (Lipinski definition) is 0. The number of rotatable bonds is 1. The lowest BCUT2D eigenvalue weighted by atomic mass is 10.3. The van der Waals surface area contributed by atoms with Gasteiger partial charge in [-0.2, -0.15) is 0 Å². The Balaban J connectivity index is 3.00. The van der Waals surface area contributed by atoms with E-state index >= 15 is 0 Å². The number of nitrogens with zero attached hydrogens (tertiary/aromatic N) is 1. The van der Waals surface area contributed by atoms with Gasteiger partial charge in [0.15, 0.2) is 0 Å². The fourth-order valence-electron chi connectivity index (χ4n) is 0.511. The van der Waals surface area contributed by atoms with Crippen molar-refractivity contribution < 1.29 is 4.92 Å². The van der Waals surface area contributed by atoms with Gasteiger partial charge < -0.3 is 0 Å². The Hall–Kier alpha value is -0.900. The van der Waals surface area contributed by atoms with Gasteiger partial charge in [-0.05, 0) is 12.1 Å². The van der Waals surface area contributed by atoms with Crippen LogP contribution >= 0.6 is 15.9 Å². The average molecular weight is 201 g/mol. The van der Waals surface area contributed by atoms with Gasteiger partial charge in [-0.1, -0.05) is 15.9 Å². The van der Waals surface area contributed by atoms with Gasteiger partial charge in [0.1, 0.15) is 0 Å². The fourth-order valence-corrected chi connectivity index (χ4v) is 0.758. The molecule has 0 atom stereocenters. The molecule has 1 rings (SSSR count). The molecule has 51 valence electrons. The van der Waals surface area contributed by atoms with Crippen molar-refractivity contribution in [3.05, 3.63) is 38.9 Å². The Labute approximate surface area is 66.0 Å². The zero-order valence-corrected chi connectivity index (χ0v) is 6.46. The molecular weight excluding hydrogens is 198 g/mol. The molecule has 0 fully saturated rings. The van der Waals surface area contributed by atoms with Crippen LogP contribution in [0.2, 0.25) is 0 Å². The summed E-state index contributed by atoms with van der Waals surface area (Å²) in [6.45, 7) is 0. The molecule has 10 heavy (non-hydrogen) atoms. The molecular formula is C6H3BrNO2. The maximum absolute atomic E-state index is 10.1. The van der Waals surface area contributed by atoms with E-state index in [0.717, 1.165) is 4.47 Å². The van der Waals surface area contributed by atoms with Gasteiger partial charge in [0.05, 0.1) is 11.0 Å². The zero-order valence-electron chi connectivity index (χ0n) is 4.87. The normalized spacial score (nSPS) is 9.30. The molecule has 0 unspecified atom stereocenters. The molecule has 0 aromatic heterocycles. The average Bonchev–Trinajstić information content (AvgIpc) is 1.88. The van der Waals surface area contributed by atoms with Gasteiger partial charge in [-0.15, -0.1) is 0 Å². The van der Waals surface area contributed by atoms with E-state index in [9.17, 15) is 10.1 Å². The lowest BCUT2D eigenvalue weighted by Gasteiger charge is -1.88. The number of non-ortho nitro benzene ring substituents is 1. The Morgan fingerprint density at radius 3 is 2.70 bits per heavy atom. The van der Waals surface area contributed by atoms with Crippen molar-refractivity contribution in [3.8, 4) is 0 Å². The Kier molecular flexibility index (Phi) is 2.01. The summed E-state index contributed by atoms with van der Waals surface area (Å²) in [7, 11) is 0. The van der Waals surface area contributed by atoms with Crippen LogP contribution in [0.15, 0.2) is 22.7 Å². The highest BCUT2D eigenvalue weighted by atomic mass is 79.9. The quantitative estimate of drug-likeness (QED) is 0.516. The number of nitro groups is 1. The van der Waals surface area contributed by atoms with Crippen LogP contribution < -0.4 is 0 Å². The molecule has 3 nitrogen and oxygen atoms in total. The maximum Gasteiger partial charge on any atom is 0.277 e. The third kappa shape index (κ3) is 1.54. The SMILES string of the molecule is O=[N+]([O-])c1[c]cc(Br)cc1. The standard InChI is InChI=1S/C6H3BrNO2/c7-5-1-3-6(4-2-5)8(9)10/h1-3H. The first-order valence-corrected chi connectivity index (χ1v) is 3.31. The molecule has 0 aliphatic heterocycles. The molecule has 1 aromatic rings. The highest BCUT2D eigenvalue weighted by molar-refractivity contribution is 9.10. The van der Waals surface area contributed by atoms with Crippen molar-refractivity contribution >= 4 is 21.6 Å². The molecule has 0 aliphatic carbocycles. The first-order valence-electron chi connectivity index (χ1n) is 2.52. The summed E-state index contributed by atoms with van der Waals surface area (Å²) >= 11 is 3.14. The molecule has 0 heterocycles. The van der Waals surface area contributed by atoms with E-state index in [-0.39, 0.29) is 5.69 Å². The summed E-state index contributed by atoms with van der Waals surface area (Å²) in [5, 5.41) is 10.1. The van der Waals surface area contributed by atoms with Crippen LogP contribution in [0.25, 0.3) is 0 Å². The van der Waals surface area contributed by atoms with Crippen molar-refractivity contribution in [2.45, 2.75) is 0 Å². The molecule has 0 saturated heterocycles. The number of halogens is 1. The largest absolute Gasteiger partial charge is 0.277 e. The molecule has 4 heteroatoms. The van der Waals surface area contributed by atoms with Gasteiger partial charge in [-0.3, -0.25) is 10.1 Å². The molecule has 0 amide bonds. The summed E-state index contributed by atoms with van der Waals surface area (Å²) in [4.78, 5) is 9.59. The zero-order chi connectivity index (χ0) is 7.56. The van der Waals surface area contributed by atoms with Crippen LogP contribution in [0.4, 0.5) is 5.69 Å². The minimum Gasteiger partial charge on any atom is -0.258 e. The minimum atomic E-state index is -0.480. The molecule has 0 saturated carbocycles. The minimum absolute atomic E-state index is 0.0109. The molecule has 1 aromatic carbocycles. The Bertz CT molecular complexity index is 244. The van der Waals surface area contributed by atoms with Crippen molar-refractivity contribution in [1.29, 1.82) is 0 Å². The molecule has 0 bridgehead atoms. The van der Waals surface area contributed by atoms with E-state index in [0.29, 0.717) is 0 Å². The van der Waals surface area contributed by atoms with E-state index in [1.807, 2.05) is 0 Å². The molecule has 1 radical (unpaired) electrons. The Morgan fingerprint density at radius 1 is 1.60 bits per heavy atom. The topological polar surface area (TPSA) is 43.1 Å². The van der Waals surface area contributed by atoms with Crippen molar-refractivity contribution in [1.82, 2.24) is 0 Å². The monoisotopic (exact) mass is 200 g/mol. The van der Waals surface area contributed by atoms with Gasteiger partial charge in [0.2, 0.25) is 0 Å². The summed E-state index contributed by atoms with van der Waals surface area (Å²) < 4.78 is 0.790. The summed E-state index contributed by atoms with van der Waals surface area (Å²) in [5.41, 5.74) is -0.0109. The van der Waals surface area contributed by atoms with Gasteiger partial charge >= 0.3 is 0 Å². The predicted octanol–water partition coefficient (Wildman–Crippen LogP) is 2.16. The van der Waals surface area contributed by atoms with E-state index in [1.54, 1.807) is 6.07 Å². The summed E-state index contributed by atoms with van der Waals surface area (Å²) in [6.07, 6.45) is 0. The second kappa shape index (κ2) is 2.79. The van der Waals surface area contributed by atoms with Crippen LogP contribution in [0, 0.1) is 16.2 Å². The number of hydrogen-bond acceptors (Lipinski definition) is 2. The lowest BCUT2D eigenvalue weighted by molar-refractivity contribution is -0.385. The van der Waals surface area contributed by atoms with Crippen LogP contribution in [0.5, 0.6) is 0 Å². The highest BCUT2D eigenvalue weighted by Gasteiger charge is 2.02. The van der Waals surface area contributed by atoms with E-state index in [1.165, 1.54) is 12.1 Å². The van der Waals surface area contributed by atoms with Crippen molar-refractivity contribution in [2.75, 3.05) is 0 Å². The van der Waals surface area contributed by atoms with Gasteiger partial charge in [0.25, 0.3) is 5.69 Å². The third-order valence-electron chi connectivity index (χ3n) is 0.955. The van der Waals surface area contributed by atoms with Crippen LogP contribution in [0.3, 0.4) is 0 Å². The molecule has 0 aliphatic rings. The second-order valence-electron chi connectivity index (χ2n) is 1.65. The van der Waals surface area contributed by atoms with Crippen molar-refractivity contribution in [3.63, 3.8) is 0 Å². The lowest BCUT2D eigenvalue weighted by Crippen LogP contribution is -1.85. The first-order chi connectivity index (χ1) is 4.70. The van der Waals surface area contributed by atoms with E-state index < -0.39 is 4.92 Å². The van der Waals surface area contributed by atoms with Gasteiger partial charge in [-0.25, -0.2) is 0 Å².